The second-order valence-electron chi connectivity index (χ2n) is 3.97. The average molecular weight is 380 g/mol. The van der Waals surface area contributed by atoms with E-state index in [0.29, 0.717) is 10.0 Å². The average Bonchev–Trinajstić information content (AvgIpc) is 2.33. The van der Waals surface area contributed by atoms with E-state index in [1.807, 2.05) is 0 Å². The summed E-state index contributed by atoms with van der Waals surface area (Å²) in [7, 11) is -4.08. The van der Waals surface area contributed by atoms with Crippen molar-refractivity contribution in [2.24, 2.45) is 0 Å². The van der Waals surface area contributed by atoms with Gasteiger partial charge in [0.05, 0.1) is 5.69 Å². The third-order valence-corrected chi connectivity index (χ3v) is 4.70. The van der Waals surface area contributed by atoms with Crippen LogP contribution < -0.4 is 4.72 Å². The summed E-state index contributed by atoms with van der Waals surface area (Å²) in [6, 6.07) is 5.28. The third-order valence-electron chi connectivity index (χ3n) is 2.53. The summed E-state index contributed by atoms with van der Waals surface area (Å²) in [4.78, 5) is 3.33. The van der Waals surface area contributed by atoms with E-state index in [4.69, 9.17) is 11.6 Å². The molecule has 1 aromatic heterocycles. The van der Waals surface area contributed by atoms with Crippen molar-refractivity contribution in [1.29, 1.82) is 0 Å². The number of hydrogen-bond donors (Lipinski definition) is 1. The van der Waals surface area contributed by atoms with Crippen molar-refractivity contribution in [2.75, 3.05) is 4.72 Å². The molecule has 0 saturated carbocycles. The molecule has 20 heavy (non-hydrogen) atoms. The molecule has 0 amide bonds. The molecule has 0 unspecified atom stereocenters. The van der Waals surface area contributed by atoms with Gasteiger partial charge in [0.2, 0.25) is 0 Å². The Hall–Kier alpha value is -1.18. The van der Waals surface area contributed by atoms with E-state index >= 15 is 0 Å². The first kappa shape index (κ1) is 15.2. The quantitative estimate of drug-likeness (QED) is 0.826. The van der Waals surface area contributed by atoms with Gasteiger partial charge in [-0.3, -0.25) is 4.72 Å². The Morgan fingerprint density at radius 1 is 1.35 bits per heavy atom. The molecule has 106 valence electrons. The van der Waals surface area contributed by atoms with Gasteiger partial charge < -0.3 is 0 Å². The summed E-state index contributed by atoms with van der Waals surface area (Å²) in [6.45, 7) is 1.67. The number of nitrogens with one attached hydrogen (secondary N) is 1. The van der Waals surface area contributed by atoms with Crippen LogP contribution in [-0.4, -0.2) is 13.4 Å². The van der Waals surface area contributed by atoms with E-state index in [1.165, 1.54) is 18.3 Å². The van der Waals surface area contributed by atoms with E-state index in [9.17, 15) is 12.8 Å². The summed E-state index contributed by atoms with van der Waals surface area (Å²) in [5.41, 5.74) is 0.725. The van der Waals surface area contributed by atoms with E-state index < -0.39 is 20.7 Å². The number of aromatic nitrogens is 1. The van der Waals surface area contributed by atoms with Crippen molar-refractivity contribution in [3.63, 3.8) is 0 Å². The van der Waals surface area contributed by atoms with Crippen LogP contribution in [0, 0.1) is 12.7 Å². The second kappa shape index (κ2) is 5.67. The number of halogens is 3. The van der Waals surface area contributed by atoms with E-state index in [0.717, 1.165) is 6.07 Å². The van der Waals surface area contributed by atoms with Gasteiger partial charge in [-0.15, -0.1) is 0 Å². The molecule has 2 aromatic rings. The molecule has 0 atom stereocenters. The first-order valence-corrected chi connectivity index (χ1v) is 8.05. The Balaban J connectivity index is 2.46. The van der Waals surface area contributed by atoms with Gasteiger partial charge in [-0.05, 0) is 36.8 Å². The third kappa shape index (κ3) is 3.11. The maximum absolute atomic E-state index is 13.8. The molecular weight excluding hydrogens is 371 g/mol. The second-order valence-corrected chi connectivity index (χ2v) is 6.90. The summed E-state index contributed by atoms with van der Waals surface area (Å²) in [5.74, 6) is -0.857. The maximum atomic E-state index is 13.8. The molecule has 0 bridgehead atoms. The van der Waals surface area contributed by atoms with Crippen LogP contribution in [0.5, 0.6) is 0 Å². The fourth-order valence-corrected chi connectivity index (χ4v) is 3.37. The Kier molecular flexibility index (Phi) is 4.31. The fraction of sp³-hybridized carbons (Fsp3) is 0.0833. The van der Waals surface area contributed by atoms with Gasteiger partial charge in [-0.1, -0.05) is 27.5 Å². The number of pyridine rings is 1. The summed E-state index contributed by atoms with van der Waals surface area (Å²) in [6.07, 6.45) is 1.45. The first-order chi connectivity index (χ1) is 9.31. The number of nitrogens with zero attached hydrogens (tertiary/aromatic N) is 1. The summed E-state index contributed by atoms with van der Waals surface area (Å²) in [5, 5.41) is 0.00564. The largest absolute Gasteiger partial charge is 0.276 e. The van der Waals surface area contributed by atoms with Crippen LogP contribution in [-0.2, 0) is 10.0 Å². The molecule has 1 N–H and O–H groups in total. The number of rotatable bonds is 3. The Bertz CT molecular complexity index is 748. The first-order valence-electron chi connectivity index (χ1n) is 5.40. The van der Waals surface area contributed by atoms with Crippen LogP contribution in [0.2, 0.25) is 5.15 Å². The van der Waals surface area contributed by atoms with Crippen LogP contribution >= 0.6 is 27.5 Å². The Morgan fingerprint density at radius 3 is 2.65 bits per heavy atom. The maximum Gasteiger partial charge on any atom is 0.264 e. The van der Waals surface area contributed by atoms with Gasteiger partial charge in [-0.2, -0.15) is 0 Å². The van der Waals surface area contributed by atoms with Crippen LogP contribution in [0.15, 0.2) is 39.8 Å². The van der Waals surface area contributed by atoms with Gasteiger partial charge in [0, 0.05) is 10.7 Å². The highest BCUT2D eigenvalue weighted by molar-refractivity contribution is 9.10. The standard InChI is InChI=1S/C12H9BrClFN2O2S/c1-7-4-5-16-12(14)11(7)17-20(18,19)10-3-2-8(13)6-9(10)15/h2-6,17H,1H3. The molecule has 0 aliphatic carbocycles. The molecule has 8 heteroatoms. The molecule has 0 fully saturated rings. The minimum Gasteiger partial charge on any atom is -0.276 e. The van der Waals surface area contributed by atoms with Crippen molar-refractivity contribution in [2.45, 2.75) is 11.8 Å². The highest BCUT2D eigenvalue weighted by Crippen LogP contribution is 2.27. The highest BCUT2D eigenvalue weighted by atomic mass is 79.9. The van der Waals surface area contributed by atoms with Gasteiger partial charge in [-0.25, -0.2) is 17.8 Å². The fourth-order valence-electron chi connectivity index (χ4n) is 1.53. The monoisotopic (exact) mass is 378 g/mol. The Labute approximate surface area is 129 Å². The number of anilines is 1. The van der Waals surface area contributed by atoms with Crippen molar-refractivity contribution in [3.05, 3.63) is 51.5 Å². The molecule has 1 aromatic carbocycles. The predicted molar refractivity (Wildman–Crippen MR) is 78.9 cm³/mol. The molecule has 1 heterocycles. The van der Waals surface area contributed by atoms with Gasteiger partial charge in [0.25, 0.3) is 10.0 Å². The van der Waals surface area contributed by atoms with E-state index in [1.54, 1.807) is 13.0 Å². The van der Waals surface area contributed by atoms with Crippen molar-refractivity contribution in [3.8, 4) is 0 Å². The van der Waals surface area contributed by atoms with E-state index in [2.05, 4.69) is 25.6 Å². The van der Waals surface area contributed by atoms with Crippen LogP contribution in [0.4, 0.5) is 10.1 Å². The zero-order chi connectivity index (χ0) is 14.9. The normalized spacial score (nSPS) is 11.4. The molecule has 2 rings (SSSR count). The van der Waals surface area contributed by atoms with Crippen molar-refractivity contribution in [1.82, 2.24) is 4.98 Å². The molecule has 0 spiro atoms. The summed E-state index contributed by atoms with van der Waals surface area (Å²) >= 11 is 8.92. The Morgan fingerprint density at radius 2 is 2.05 bits per heavy atom. The molecule has 0 aliphatic heterocycles. The van der Waals surface area contributed by atoms with Crippen LogP contribution in [0.3, 0.4) is 0 Å². The number of hydrogen-bond acceptors (Lipinski definition) is 3. The molecule has 0 saturated heterocycles. The molecular formula is C12H9BrClFN2O2S. The number of sulfonamides is 1. The zero-order valence-electron chi connectivity index (χ0n) is 10.2. The SMILES string of the molecule is Cc1ccnc(Cl)c1NS(=O)(=O)c1ccc(Br)cc1F. The van der Waals surface area contributed by atoms with Crippen molar-refractivity contribution < 1.29 is 12.8 Å². The van der Waals surface area contributed by atoms with Gasteiger partial charge in [0.15, 0.2) is 5.15 Å². The number of benzene rings is 1. The lowest BCUT2D eigenvalue weighted by Crippen LogP contribution is -2.16. The van der Waals surface area contributed by atoms with Crippen LogP contribution in [0.25, 0.3) is 0 Å². The van der Waals surface area contributed by atoms with Crippen LogP contribution in [0.1, 0.15) is 5.56 Å². The van der Waals surface area contributed by atoms with Crippen molar-refractivity contribution >= 4 is 43.2 Å². The lowest BCUT2D eigenvalue weighted by molar-refractivity contribution is 0.570. The predicted octanol–water partition coefficient (Wildman–Crippen LogP) is 3.75. The number of aryl methyl sites for hydroxylation is 1. The molecule has 0 radical (unpaired) electrons. The molecule has 0 aliphatic rings. The minimum absolute atomic E-state index is 0.00564. The zero-order valence-corrected chi connectivity index (χ0v) is 13.4. The topological polar surface area (TPSA) is 59.1 Å². The summed E-state index contributed by atoms with van der Waals surface area (Å²) < 4.78 is 40.8. The smallest absolute Gasteiger partial charge is 0.264 e. The molecule has 4 nitrogen and oxygen atoms in total. The highest BCUT2D eigenvalue weighted by Gasteiger charge is 2.21. The van der Waals surface area contributed by atoms with E-state index in [-0.39, 0.29) is 10.8 Å². The lowest BCUT2D eigenvalue weighted by atomic mass is 10.3. The lowest BCUT2D eigenvalue weighted by Gasteiger charge is -2.12. The minimum atomic E-state index is -4.08. The van der Waals surface area contributed by atoms with Gasteiger partial charge in [0.1, 0.15) is 10.7 Å². The van der Waals surface area contributed by atoms with Gasteiger partial charge >= 0.3 is 0 Å².